The molecule has 0 unspecified atom stereocenters. The Kier molecular flexibility index (Phi) is 6.19. The Morgan fingerprint density at radius 1 is 0.872 bits per heavy atom. The number of carbonyl (C=O) groups is 2. The van der Waals surface area contributed by atoms with E-state index in [0.717, 1.165) is 18.5 Å². The van der Waals surface area contributed by atoms with Crippen LogP contribution in [0.4, 0.5) is 14.5 Å². The third-order valence-electron chi connectivity index (χ3n) is 6.94. The minimum Gasteiger partial charge on any atom is -0.455 e. The Morgan fingerprint density at radius 3 is 2.28 bits per heavy atom. The van der Waals surface area contributed by atoms with Crippen LogP contribution in [0.3, 0.4) is 0 Å². The van der Waals surface area contributed by atoms with E-state index in [9.17, 15) is 14.0 Å². The zero-order valence-electron chi connectivity index (χ0n) is 21.1. The summed E-state index contributed by atoms with van der Waals surface area (Å²) in [7, 11) is 1.51. The molecule has 1 aliphatic carbocycles. The largest absolute Gasteiger partial charge is 0.455 e. The maximum absolute atomic E-state index is 15.2. The van der Waals surface area contributed by atoms with E-state index in [-0.39, 0.29) is 28.8 Å². The van der Waals surface area contributed by atoms with E-state index in [0.29, 0.717) is 27.7 Å². The molecule has 0 spiro atoms. The Morgan fingerprint density at radius 2 is 1.59 bits per heavy atom. The van der Waals surface area contributed by atoms with Crippen LogP contribution in [-0.4, -0.2) is 24.9 Å². The monoisotopic (exact) mass is 522 g/mol. The average Bonchev–Trinajstić information content (AvgIpc) is 3.72. The topological polar surface area (TPSA) is 62.6 Å². The van der Waals surface area contributed by atoms with Crippen LogP contribution in [0.2, 0.25) is 0 Å². The SMILES string of the molecule is CNC(=O)c1c(-c2ccc(F)cc2)oc2ccc(-c3cc(C(=O)N(c4ccccc4)C4CC4)ccc3F)cc12. The summed E-state index contributed by atoms with van der Waals surface area (Å²) in [6.07, 6.45) is 1.84. The van der Waals surface area contributed by atoms with Crippen LogP contribution in [0.1, 0.15) is 33.6 Å². The first kappa shape index (κ1) is 24.6. The lowest BCUT2D eigenvalue weighted by Gasteiger charge is -2.23. The van der Waals surface area contributed by atoms with E-state index in [1.165, 1.54) is 43.4 Å². The number of furan rings is 1. The fourth-order valence-corrected chi connectivity index (χ4v) is 4.85. The molecule has 1 aliphatic rings. The van der Waals surface area contributed by atoms with Crippen LogP contribution in [0, 0.1) is 11.6 Å². The van der Waals surface area contributed by atoms with Crippen molar-refractivity contribution in [2.75, 3.05) is 11.9 Å². The molecule has 1 N–H and O–H groups in total. The zero-order chi connectivity index (χ0) is 27.1. The van der Waals surface area contributed by atoms with E-state index in [2.05, 4.69) is 5.32 Å². The van der Waals surface area contributed by atoms with Crippen molar-refractivity contribution in [3.63, 3.8) is 0 Å². The molecule has 1 heterocycles. The summed E-state index contributed by atoms with van der Waals surface area (Å²) >= 11 is 0. The van der Waals surface area contributed by atoms with Gasteiger partial charge in [0.25, 0.3) is 11.8 Å². The molecule has 1 fully saturated rings. The van der Waals surface area contributed by atoms with Gasteiger partial charge < -0.3 is 14.6 Å². The number of carbonyl (C=O) groups excluding carboxylic acids is 2. The third-order valence-corrected chi connectivity index (χ3v) is 6.94. The van der Waals surface area contributed by atoms with E-state index in [4.69, 9.17) is 4.42 Å². The molecule has 2 amide bonds. The number of nitrogens with zero attached hydrogens (tertiary/aromatic N) is 1. The first-order valence-electron chi connectivity index (χ1n) is 12.7. The Bertz CT molecular complexity index is 1710. The lowest BCUT2D eigenvalue weighted by atomic mass is 9.98. The van der Waals surface area contributed by atoms with E-state index in [1.54, 1.807) is 29.2 Å². The maximum atomic E-state index is 15.2. The summed E-state index contributed by atoms with van der Waals surface area (Å²) in [6.45, 7) is 0. The highest BCUT2D eigenvalue weighted by molar-refractivity contribution is 6.12. The fraction of sp³-hybridized carbons (Fsp3) is 0.125. The molecule has 6 rings (SSSR count). The Labute approximate surface area is 223 Å². The molecular formula is C32H24F2N2O3. The summed E-state index contributed by atoms with van der Waals surface area (Å²) in [5.74, 6) is -1.20. The maximum Gasteiger partial charge on any atom is 0.258 e. The van der Waals surface area contributed by atoms with E-state index >= 15 is 4.39 Å². The van der Waals surface area contributed by atoms with E-state index < -0.39 is 17.5 Å². The van der Waals surface area contributed by atoms with Crippen molar-refractivity contribution >= 4 is 28.5 Å². The number of halogens is 2. The van der Waals surface area contributed by atoms with Gasteiger partial charge in [-0.25, -0.2) is 8.78 Å². The Hall–Kier alpha value is -4.78. The standard InChI is InChI=1S/C32H24F2N2O3/c1-35-31(37)29-26-17-20(10-16-28(26)39-30(29)19-7-11-22(33)12-8-19)25-18-21(9-15-27(25)34)32(38)36(24-13-14-24)23-5-3-2-4-6-23/h2-12,15-18,24H,13-14H2,1H3,(H,35,37). The van der Waals surface area contributed by atoms with E-state index in [1.807, 2.05) is 30.3 Å². The number of para-hydroxylation sites is 1. The minimum absolute atomic E-state index is 0.121. The Balaban J connectivity index is 1.44. The molecule has 1 saturated carbocycles. The first-order valence-corrected chi connectivity index (χ1v) is 12.7. The van der Waals surface area contributed by atoms with Gasteiger partial charge in [0.1, 0.15) is 23.0 Å². The molecule has 0 aliphatic heterocycles. The number of rotatable bonds is 6. The summed E-state index contributed by atoms with van der Waals surface area (Å²) in [5, 5.41) is 3.10. The van der Waals surface area contributed by atoms with Crippen molar-refractivity contribution in [3.8, 4) is 22.5 Å². The first-order chi connectivity index (χ1) is 18.9. The van der Waals surface area contributed by atoms with Gasteiger partial charge in [-0.2, -0.15) is 0 Å². The molecule has 0 atom stereocenters. The number of nitrogens with one attached hydrogen (secondary N) is 1. The van der Waals surface area contributed by atoms with Gasteiger partial charge in [-0.05, 0) is 85.1 Å². The normalized spacial score (nSPS) is 12.9. The van der Waals surface area contributed by atoms with Crippen LogP contribution >= 0.6 is 0 Å². The number of amides is 2. The molecule has 0 saturated heterocycles. The van der Waals surface area contributed by atoms with Gasteiger partial charge in [-0.3, -0.25) is 9.59 Å². The molecule has 7 heteroatoms. The van der Waals surface area contributed by atoms with Crippen LogP contribution < -0.4 is 10.2 Å². The number of hydrogen-bond acceptors (Lipinski definition) is 3. The van der Waals surface area contributed by atoms with Crippen LogP contribution in [-0.2, 0) is 0 Å². The van der Waals surface area contributed by atoms with Gasteiger partial charge in [0.15, 0.2) is 0 Å². The highest BCUT2D eigenvalue weighted by Crippen LogP contribution is 2.38. The highest BCUT2D eigenvalue weighted by Gasteiger charge is 2.34. The molecule has 0 radical (unpaired) electrons. The summed E-state index contributed by atoms with van der Waals surface area (Å²) in [5.41, 5.74) is 3.12. The summed E-state index contributed by atoms with van der Waals surface area (Å²) < 4.78 is 34.7. The van der Waals surface area contributed by atoms with Crippen molar-refractivity contribution in [2.24, 2.45) is 0 Å². The number of hydrogen-bond donors (Lipinski definition) is 1. The molecule has 39 heavy (non-hydrogen) atoms. The molecule has 1 aromatic heterocycles. The second-order valence-electron chi connectivity index (χ2n) is 9.54. The quantitative estimate of drug-likeness (QED) is 0.256. The smallest absolute Gasteiger partial charge is 0.258 e. The molecule has 5 aromatic rings. The zero-order valence-corrected chi connectivity index (χ0v) is 21.1. The van der Waals surface area contributed by atoms with Gasteiger partial charge in [-0.1, -0.05) is 24.3 Å². The predicted octanol–water partition coefficient (Wildman–Crippen LogP) is 7.21. The second kappa shape index (κ2) is 9.83. The number of anilines is 1. The lowest BCUT2D eigenvalue weighted by molar-refractivity contribution is 0.0962. The number of fused-ring (bicyclic) bond motifs is 1. The van der Waals surface area contributed by atoms with Gasteiger partial charge in [0.2, 0.25) is 0 Å². The summed E-state index contributed by atoms with van der Waals surface area (Å²) in [4.78, 5) is 28.3. The van der Waals surface area contributed by atoms with Crippen LogP contribution in [0.15, 0.2) is 95.4 Å². The lowest BCUT2D eigenvalue weighted by Crippen LogP contribution is -2.33. The molecule has 0 bridgehead atoms. The van der Waals surface area contributed by atoms with Crippen molar-refractivity contribution in [2.45, 2.75) is 18.9 Å². The predicted molar refractivity (Wildman–Crippen MR) is 147 cm³/mol. The van der Waals surface area contributed by atoms with Crippen molar-refractivity contribution in [1.82, 2.24) is 5.32 Å². The molecule has 194 valence electrons. The van der Waals surface area contributed by atoms with Gasteiger partial charge >= 0.3 is 0 Å². The van der Waals surface area contributed by atoms with Crippen molar-refractivity contribution in [1.29, 1.82) is 0 Å². The minimum atomic E-state index is -0.493. The van der Waals surface area contributed by atoms with Crippen molar-refractivity contribution < 1.29 is 22.8 Å². The van der Waals surface area contributed by atoms with Crippen LogP contribution in [0.5, 0.6) is 0 Å². The van der Waals surface area contributed by atoms with Gasteiger partial charge in [0, 0.05) is 40.9 Å². The number of benzene rings is 4. The van der Waals surface area contributed by atoms with Crippen LogP contribution in [0.25, 0.3) is 33.4 Å². The average molecular weight is 523 g/mol. The molecule has 5 nitrogen and oxygen atoms in total. The van der Waals surface area contributed by atoms with Crippen molar-refractivity contribution in [3.05, 3.63) is 114 Å². The summed E-state index contributed by atoms with van der Waals surface area (Å²) in [6, 6.07) is 24.6. The molecule has 4 aromatic carbocycles. The van der Waals surface area contributed by atoms with Gasteiger partial charge in [0.05, 0.1) is 5.56 Å². The second-order valence-corrected chi connectivity index (χ2v) is 9.54. The van der Waals surface area contributed by atoms with Gasteiger partial charge in [-0.15, -0.1) is 0 Å². The highest BCUT2D eigenvalue weighted by atomic mass is 19.1. The third kappa shape index (κ3) is 4.56. The fourth-order valence-electron chi connectivity index (χ4n) is 4.85. The molecular weight excluding hydrogens is 498 g/mol.